The Morgan fingerprint density at radius 2 is 2.13 bits per heavy atom. The van der Waals surface area contributed by atoms with E-state index < -0.39 is 0 Å². The molecule has 2 rings (SSSR count). The van der Waals surface area contributed by atoms with Gasteiger partial charge in [0, 0.05) is 25.8 Å². The summed E-state index contributed by atoms with van der Waals surface area (Å²) in [7, 11) is 0. The molecule has 1 aromatic heterocycles. The molecule has 0 spiro atoms. The van der Waals surface area contributed by atoms with Crippen molar-refractivity contribution in [3.05, 3.63) is 29.6 Å². The zero-order valence-electron chi connectivity index (χ0n) is 13.8. The minimum Gasteiger partial charge on any atom is -0.373 e. The van der Waals surface area contributed by atoms with Crippen LogP contribution in [0, 0.1) is 11.3 Å². The number of hydrogen-bond donors (Lipinski definition) is 1. The Hall–Kier alpha value is -1.97. The zero-order chi connectivity index (χ0) is 16.7. The maximum atomic E-state index is 11.9. The summed E-state index contributed by atoms with van der Waals surface area (Å²) in [5.74, 6) is -0.192. The SMILES string of the molecule is C[C@H]1CN(CCCCNC(=O)c2ccc(C#N)cn2)C[C@H](C)O1. The molecule has 1 aliphatic rings. The number of aromatic nitrogens is 1. The van der Waals surface area contributed by atoms with Crippen molar-refractivity contribution in [1.82, 2.24) is 15.2 Å². The van der Waals surface area contributed by atoms with Crippen molar-refractivity contribution in [3.8, 4) is 6.07 Å². The van der Waals surface area contributed by atoms with Crippen molar-refractivity contribution in [2.45, 2.75) is 38.9 Å². The average molecular weight is 316 g/mol. The number of nitrogens with zero attached hydrogens (tertiary/aromatic N) is 3. The molecule has 6 heteroatoms. The molecule has 0 bridgehead atoms. The molecule has 0 unspecified atom stereocenters. The van der Waals surface area contributed by atoms with Crippen LogP contribution in [0.3, 0.4) is 0 Å². The molecule has 0 aliphatic carbocycles. The van der Waals surface area contributed by atoms with Gasteiger partial charge in [0.05, 0.1) is 17.8 Å². The number of carbonyl (C=O) groups is 1. The molecular weight excluding hydrogens is 292 g/mol. The second-order valence-electron chi connectivity index (χ2n) is 6.02. The monoisotopic (exact) mass is 316 g/mol. The fourth-order valence-electron chi connectivity index (χ4n) is 2.81. The summed E-state index contributed by atoms with van der Waals surface area (Å²) in [6.45, 7) is 7.83. The maximum Gasteiger partial charge on any atom is 0.269 e. The minimum absolute atomic E-state index is 0.192. The summed E-state index contributed by atoms with van der Waals surface area (Å²) in [5, 5.41) is 11.6. The van der Waals surface area contributed by atoms with Crippen LogP contribution in [0.4, 0.5) is 0 Å². The third-order valence-corrected chi connectivity index (χ3v) is 3.81. The van der Waals surface area contributed by atoms with Crippen LogP contribution in [0.1, 0.15) is 42.7 Å². The predicted octanol–water partition coefficient (Wildman–Crippen LogP) is 1.57. The molecule has 23 heavy (non-hydrogen) atoms. The van der Waals surface area contributed by atoms with E-state index in [1.165, 1.54) is 6.20 Å². The summed E-state index contributed by atoms with van der Waals surface area (Å²) in [6, 6.07) is 5.16. The van der Waals surface area contributed by atoms with Crippen LogP contribution in [0.15, 0.2) is 18.3 Å². The van der Waals surface area contributed by atoms with Crippen molar-refractivity contribution in [1.29, 1.82) is 5.26 Å². The van der Waals surface area contributed by atoms with E-state index in [4.69, 9.17) is 10.00 Å². The van der Waals surface area contributed by atoms with Crippen molar-refractivity contribution < 1.29 is 9.53 Å². The molecule has 2 atom stereocenters. The normalized spacial score (nSPS) is 21.6. The second kappa shape index (κ2) is 8.61. The second-order valence-corrected chi connectivity index (χ2v) is 6.02. The first-order valence-electron chi connectivity index (χ1n) is 8.10. The fraction of sp³-hybridized carbons (Fsp3) is 0.588. The standard InChI is InChI=1S/C17H24N4O2/c1-13-11-21(12-14(2)23-13)8-4-3-7-19-17(22)16-6-5-15(9-18)10-20-16/h5-6,10,13-14H,3-4,7-8,11-12H2,1-2H3,(H,19,22)/t13-,14-/m0/s1. The summed E-state index contributed by atoms with van der Waals surface area (Å²) in [5.41, 5.74) is 0.801. The molecule has 0 radical (unpaired) electrons. The molecule has 124 valence electrons. The average Bonchev–Trinajstić information content (AvgIpc) is 2.53. The van der Waals surface area contributed by atoms with E-state index in [1.807, 2.05) is 6.07 Å². The van der Waals surface area contributed by atoms with Gasteiger partial charge in [-0.1, -0.05) is 0 Å². The van der Waals surface area contributed by atoms with Gasteiger partial charge in [-0.05, 0) is 45.4 Å². The lowest BCUT2D eigenvalue weighted by Gasteiger charge is -2.35. The largest absolute Gasteiger partial charge is 0.373 e. The highest BCUT2D eigenvalue weighted by Gasteiger charge is 2.21. The molecule has 1 saturated heterocycles. The number of ether oxygens (including phenoxy) is 1. The highest BCUT2D eigenvalue weighted by atomic mass is 16.5. The van der Waals surface area contributed by atoms with Crippen LogP contribution in [-0.4, -0.2) is 54.2 Å². The van der Waals surface area contributed by atoms with E-state index in [9.17, 15) is 4.79 Å². The Morgan fingerprint density at radius 1 is 1.39 bits per heavy atom. The molecular formula is C17H24N4O2. The lowest BCUT2D eigenvalue weighted by Crippen LogP contribution is -2.45. The number of nitrogens with one attached hydrogen (secondary N) is 1. The number of pyridine rings is 1. The first-order valence-corrected chi connectivity index (χ1v) is 8.10. The van der Waals surface area contributed by atoms with E-state index in [1.54, 1.807) is 12.1 Å². The highest BCUT2D eigenvalue weighted by molar-refractivity contribution is 5.92. The number of rotatable bonds is 6. The van der Waals surface area contributed by atoms with Crippen molar-refractivity contribution in [2.24, 2.45) is 0 Å². The summed E-state index contributed by atoms with van der Waals surface area (Å²) in [4.78, 5) is 18.3. The van der Waals surface area contributed by atoms with Gasteiger partial charge in [0.15, 0.2) is 0 Å². The third-order valence-electron chi connectivity index (χ3n) is 3.81. The van der Waals surface area contributed by atoms with Crippen LogP contribution in [0.2, 0.25) is 0 Å². The van der Waals surface area contributed by atoms with Gasteiger partial charge in [-0.25, -0.2) is 4.98 Å². The number of nitriles is 1. The molecule has 0 saturated carbocycles. The van der Waals surface area contributed by atoms with Gasteiger partial charge >= 0.3 is 0 Å². The van der Waals surface area contributed by atoms with E-state index in [0.717, 1.165) is 32.5 Å². The summed E-state index contributed by atoms with van der Waals surface area (Å²) in [6.07, 6.45) is 3.97. The van der Waals surface area contributed by atoms with Crippen molar-refractivity contribution in [3.63, 3.8) is 0 Å². The fourth-order valence-corrected chi connectivity index (χ4v) is 2.81. The van der Waals surface area contributed by atoms with Crippen LogP contribution in [0.25, 0.3) is 0 Å². The van der Waals surface area contributed by atoms with Gasteiger partial charge in [-0.2, -0.15) is 5.26 Å². The topological polar surface area (TPSA) is 78.3 Å². The summed E-state index contributed by atoms with van der Waals surface area (Å²) < 4.78 is 5.72. The van der Waals surface area contributed by atoms with E-state index >= 15 is 0 Å². The van der Waals surface area contributed by atoms with Gasteiger partial charge < -0.3 is 10.1 Å². The van der Waals surface area contributed by atoms with Crippen molar-refractivity contribution in [2.75, 3.05) is 26.2 Å². The first-order chi connectivity index (χ1) is 11.1. The molecule has 0 aromatic carbocycles. The molecule has 2 heterocycles. The molecule has 1 aromatic rings. The first kappa shape index (κ1) is 17.4. The van der Waals surface area contributed by atoms with E-state index in [2.05, 4.69) is 29.0 Å². The van der Waals surface area contributed by atoms with Gasteiger partial charge in [-0.15, -0.1) is 0 Å². The number of morpholine rings is 1. The molecule has 1 fully saturated rings. The van der Waals surface area contributed by atoms with Crippen LogP contribution in [-0.2, 0) is 4.74 Å². The third kappa shape index (κ3) is 5.62. The molecule has 6 nitrogen and oxygen atoms in total. The Bertz CT molecular complexity index is 543. The number of unbranched alkanes of at least 4 members (excludes halogenated alkanes) is 1. The Balaban J connectivity index is 1.63. The van der Waals surface area contributed by atoms with Gasteiger partial charge in [0.2, 0.25) is 0 Å². The molecule has 1 amide bonds. The number of amides is 1. The number of hydrogen-bond acceptors (Lipinski definition) is 5. The van der Waals surface area contributed by atoms with Gasteiger partial charge in [0.1, 0.15) is 11.8 Å². The predicted molar refractivity (Wildman–Crippen MR) is 87.0 cm³/mol. The van der Waals surface area contributed by atoms with Gasteiger partial charge in [-0.3, -0.25) is 9.69 Å². The van der Waals surface area contributed by atoms with Gasteiger partial charge in [0.25, 0.3) is 5.91 Å². The quantitative estimate of drug-likeness (QED) is 0.806. The maximum absolute atomic E-state index is 11.9. The van der Waals surface area contributed by atoms with E-state index in [-0.39, 0.29) is 5.91 Å². The van der Waals surface area contributed by atoms with Crippen LogP contribution < -0.4 is 5.32 Å². The van der Waals surface area contributed by atoms with Crippen LogP contribution >= 0.6 is 0 Å². The Kier molecular flexibility index (Phi) is 6.51. The number of carbonyl (C=O) groups excluding carboxylic acids is 1. The smallest absolute Gasteiger partial charge is 0.269 e. The Morgan fingerprint density at radius 3 is 2.74 bits per heavy atom. The molecule has 1 N–H and O–H groups in total. The van der Waals surface area contributed by atoms with Crippen LogP contribution in [0.5, 0.6) is 0 Å². The highest BCUT2D eigenvalue weighted by Crippen LogP contribution is 2.11. The lowest BCUT2D eigenvalue weighted by atomic mass is 10.2. The minimum atomic E-state index is -0.192. The van der Waals surface area contributed by atoms with Crippen molar-refractivity contribution >= 4 is 5.91 Å². The van der Waals surface area contributed by atoms with E-state index in [0.29, 0.717) is 30.0 Å². The zero-order valence-corrected chi connectivity index (χ0v) is 13.8. The Labute approximate surface area is 137 Å². The summed E-state index contributed by atoms with van der Waals surface area (Å²) >= 11 is 0. The lowest BCUT2D eigenvalue weighted by molar-refractivity contribution is -0.0681. The molecule has 1 aliphatic heterocycles.